The first-order chi connectivity index (χ1) is 13.1. The highest BCUT2D eigenvalue weighted by atomic mass is 35.5. The summed E-state index contributed by atoms with van der Waals surface area (Å²) in [5, 5.41) is 7.99. The summed E-state index contributed by atoms with van der Waals surface area (Å²) in [6.45, 7) is 5.18. The van der Waals surface area contributed by atoms with Crippen molar-refractivity contribution < 1.29 is 4.74 Å². The first-order valence-electron chi connectivity index (χ1n) is 10.1. The molecule has 1 saturated heterocycles. The Labute approximate surface area is 168 Å². The number of nitrogens with one attached hydrogen (secondary N) is 2. The van der Waals surface area contributed by atoms with Gasteiger partial charge >= 0.3 is 0 Å². The zero-order valence-electron chi connectivity index (χ0n) is 16.6. The normalized spacial score (nSPS) is 20.5. The van der Waals surface area contributed by atoms with Gasteiger partial charge in [0.1, 0.15) is 0 Å². The number of rotatable bonds is 8. The summed E-state index contributed by atoms with van der Waals surface area (Å²) in [5.74, 6) is 0.918. The molecule has 6 heteroatoms. The standard InChI is InChI=1S/C21H33ClN4O/c1-23-20(25-19-7-12-26(13-8-19)11-4-14-27-2)24-16-21(9-10-21)17-5-3-6-18(22)15-17/h3,5-6,15,19H,4,7-14,16H2,1-2H3,(H2,23,24,25). The Kier molecular flexibility index (Phi) is 7.39. The number of aliphatic imine (C=N–C) groups is 1. The number of likely N-dealkylation sites (tertiary alicyclic amines) is 1. The summed E-state index contributed by atoms with van der Waals surface area (Å²) in [6, 6.07) is 8.78. The van der Waals surface area contributed by atoms with Crippen LogP contribution in [0.3, 0.4) is 0 Å². The zero-order chi connectivity index (χ0) is 19.1. The number of piperidine rings is 1. The van der Waals surface area contributed by atoms with Crippen LogP contribution in [-0.4, -0.2) is 63.8 Å². The molecule has 1 aliphatic heterocycles. The second-order valence-electron chi connectivity index (χ2n) is 7.82. The molecule has 1 aromatic carbocycles. The smallest absolute Gasteiger partial charge is 0.191 e. The third-order valence-electron chi connectivity index (χ3n) is 5.86. The molecule has 1 aromatic rings. The minimum absolute atomic E-state index is 0.216. The molecule has 2 fully saturated rings. The SMILES string of the molecule is CN=C(NCC1(c2cccc(Cl)c2)CC1)NC1CCN(CCCOC)CC1. The molecule has 0 bridgehead atoms. The number of ether oxygens (including phenoxy) is 1. The minimum Gasteiger partial charge on any atom is -0.385 e. The van der Waals surface area contributed by atoms with Crippen LogP contribution in [0.5, 0.6) is 0 Å². The maximum absolute atomic E-state index is 6.18. The molecule has 2 aliphatic rings. The molecule has 0 unspecified atom stereocenters. The largest absolute Gasteiger partial charge is 0.385 e. The highest BCUT2D eigenvalue weighted by Crippen LogP contribution is 2.48. The number of halogens is 1. The molecule has 0 spiro atoms. The van der Waals surface area contributed by atoms with Crippen LogP contribution in [0.4, 0.5) is 0 Å². The second kappa shape index (κ2) is 9.76. The van der Waals surface area contributed by atoms with Gasteiger partial charge in [0.05, 0.1) is 0 Å². The minimum atomic E-state index is 0.216. The van der Waals surface area contributed by atoms with Gasteiger partial charge in [-0.15, -0.1) is 0 Å². The summed E-state index contributed by atoms with van der Waals surface area (Å²) in [5.41, 5.74) is 1.55. The van der Waals surface area contributed by atoms with Crippen molar-refractivity contribution in [1.29, 1.82) is 0 Å². The van der Waals surface area contributed by atoms with Crippen LogP contribution in [-0.2, 0) is 10.2 Å². The molecule has 27 heavy (non-hydrogen) atoms. The van der Waals surface area contributed by atoms with E-state index < -0.39 is 0 Å². The highest BCUT2D eigenvalue weighted by molar-refractivity contribution is 6.30. The summed E-state index contributed by atoms with van der Waals surface area (Å²) in [7, 11) is 3.63. The van der Waals surface area contributed by atoms with Gasteiger partial charge in [-0.05, 0) is 49.8 Å². The van der Waals surface area contributed by atoms with E-state index in [1.165, 1.54) is 18.4 Å². The lowest BCUT2D eigenvalue weighted by atomic mass is 9.96. The lowest BCUT2D eigenvalue weighted by molar-refractivity contribution is 0.155. The van der Waals surface area contributed by atoms with E-state index in [1.54, 1.807) is 7.11 Å². The summed E-state index contributed by atoms with van der Waals surface area (Å²) in [6.07, 6.45) is 5.85. The molecule has 1 saturated carbocycles. The van der Waals surface area contributed by atoms with Crippen LogP contribution in [0.1, 0.15) is 37.7 Å². The summed E-state index contributed by atoms with van der Waals surface area (Å²) in [4.78, 5) is 6.98. The van der Waals surface area contributed by atoms with Crippen LogP contribution in [0, 0.1) is 0 Å². The van der Waals surface area contributed by atoms with Crippen molar-refractivity contribution in [3.63, 3.8) is 0 Å². The molecule has 150 valence electrons. The average Bonchev–Trinajstić information content (AvgIpc) is 3.48. The predicted octanol–water partition coefficient (Wildman–Crippen LogP) is 3.04. The van der Waals surface area contributed by atoms with E-state index in [1.807, 2.05) is 19.2 Å². The summed E-state index contributed by atoms with van der Waals surface area (Å²) < 4.78 is 5.15. The Bertz CT molecular complexity index is 624. The molecule has 0 amide bonds. The molecular weight excluding hydrogens is 360 g/mol. The molecule has 0 aromatic heterocycles. The van der Waals surface area contributed by atoms with Crippen molar-refractivity contribution >= 4 is 17.6 Å². The van der Waals surface area contributed by atoms with Crippen LogP contribution in [0.25, 0.3) is 0 Å². The van der Waals surface area contributed by atoms with Crippen LogP contribution >= 0.6 is 11.6 Å². The van der Waals surface area contributed by atoms with Gasteiger partial charge in [0.25, 0.3) is 0 Å². The maximum atomic E-state index is 6.18. The lowest BCUT2D eigenvalue weighted by Gasteiger charge is -2.33. The van der Waals surface area contributed by atoms with Gasteiger partial charge in [-0.3, -0.25) is 4.99 Å². The van der Waals surface area contributed by atoms with E-state index in [2.05, 4.69) is 32.7 Å². The maximum Gasteiger partial charge on any atom is 0.191 e. The third kappa shape index (κ3) is 5.84. The fourth-order valence-corrected chi connectivity index (χ4v) is 4.10. The monoisotopic (exact) mass is 392 g/mol. The third-order valence-corrected chi connectivity index (χ3v) is 6.09. The Balaban J connectivity index is 1.43. The fraction of sp³-hybridized carbons (Fsp3) is 0.667. The van der Waals surface area contributed by atoms with E-state index in [4.69, 9.17) is 16.3 Å². The first-order valence-corrected chi connectivity index (χ1v) is 10.5. The molecule has 2 N–H and O–H groups in total. The number of hydrogen-bond acceptors (Lipinski definition) is 3. The van der Waals surface area contributed by atoms with Gasteiger partial charge in [-0.1, -0.05) is 23.7 Å². The van der Waals surface area contributed by atoms with Crippen LogP contribution in [0.15, 0.2) is 29.3 Å². The van der Waals surface area contributed by atoms with Gasteiger partial charge in [0.2, 0.25) is 0 Å². The highest BCUT2D eigenvalue weighted by Gasteiger charge is 2.44. The quantitative estimate of drug-likeness (QED) is 0.405. The molecule has 1 heterocycles. The van der Waals surface area contributed by atoms with Gasteiger partial charge in [-0.2, -0.15) is 0 Å². The lowest BCUT2D eigenvalue weighted by Crippen LogP contribution is -2.50. The number of nitrogens with zero attached hydrogens (tertiary/aromatic N) is 2. The fourth-order valence-electron chi connectivity index (χ4n) is 3.91. The second-order valence-corrected chi connectivity index (χ2v) is 8.26. The molecule has 0 atom stereocenters. The van der Waals surface area contributed by atoms with E-state index in [0.29, 0.717) is 6.04 Å². The zero-order valence-corrected chi connectivity index (χ0v) is 17.4. The number of guanidine groups is 1. The van der Waals surface area contributed by atoms with Crippen molar-refractivity contribution in [2.45, 2.75) is 43.6 Å². The number of hydrogen-bond donors (Lipinski definition) is 2. The van der Waals surface area contributed by atoms with E-state index >= 15 is 0 Å². The predicted molar refractivity (Wildman–Crippen MR) is 113 cm³/mol. The van der Waals surface area contributed by atoms with Crippen LogP contribution in [0.2, 0.25) is 5.02 Å². The Morgan fingerprint density at radius 2 is 2.11 bits per heavy atom. The molecule has 0 radical (unpaired) electrons. The molecule has 1 aliphatic carbocycles. The molecule has 5 nitrogen and oxygen atoms in total. The van der Waals surface area contributed by atoms with Gasteiger partial charge < -0.3 is 20.3 Å². The van der Waals surface area contributed by atoms with Crippen molar-refractivity contribution in [1.82, 2.24) is 15.5 Å². The average molecular weight is 393 g/mol. The topological polar surface area (TPSA) is 48.9 Å². The Morgan fingerprint density at radius 3 is 2.74 bits per heavy atom. The Morgan fingerprint density at radius 1 is 1.33 bits per heavy atom. The van der Waals surface area contributed by atoms with E-state index in [9.17, 15) is 0 Å². The number of benzene rings is 1. The van der Waals surface area contributed by atoms with Gasteiger partial charge in [0, 0.05) is 63.4 Å². The first kappa shape index (κ1) is 20.4. The van der Waals surface area contributed by atoms with Gasteiger partial charge in [-0.25, -0.2) is 0 Å². The van der Waals surface area contributed by atoms with Crippen molar-refractivity contribution in [2.75, 3.05) is 46.9 Å². The molecular formula is C21H33ClN4O. The van der Waals surface area contributed by atoms with E-state index in [-0.39, 0.29) is 5.41 Å². The van der Waals surface area contributed by atoms with Crippen molar-refractivity contribution in [3.8, 4) is 0 Å². The van der Waals surface area contributed by atoms with Crippen molar-refractivity contribution in [3.05, 3.63) is 34.9 Å². The molecule has 3 rings (SSSR count). The Hall–Kier alpha value is -1.30. The van der Waals surface area contributed by atoms with Gasteiger partial charge in [0.15, 0.2) is 5.96 Å². The van der Waals surface area contributed by atoms with Crippen molar-refractivity contribution in [2.24, 2.45) is 4.99 Å². The van der Waals surface area contributed by atoms with Crippen LogP contribution < -0.4 is 10.6 Å². The van der Waals surface area contributed by atoms with E-state index in [0.717, 1.165) is 63.0 Å². The number of methoxy groups -OCH3 is 1. The summed E-state index contributed by atoms with van der Waals surface area (Å²) >= 11 is 6.18.